The van der Waals surface area contributed by atoms with Crippen LogP contribution < -0.4 is 15.1 Å². The molecule has 1 aromatic heterocycles. The summed E-state index contributed by atoms with van der Waals surface area (Å²) >= 11 is 0. The normalized spacial score (nSPS) is 10.4. The molecule has 0 saturated carbocycles. The van der Waals surface area contributed by atoms with Crippen molar-refractivity contribution in [1.82, 2.24) is 0 Å². The highest BCUT2D eigenvalue weighted by molar-refractivity contribution is 5.91. The SMILES string of the molecule is CCOc1c(O)c2c(OCC(=O)O)cccc2oc1=O. The third-order valence-electron chi connectivity index (χ3n) is 2.47. The zero-order chi connectivity index (χ0) is 14.7. The summed E-state index contributed by atoms with van der Waals surface area (Å²) in [6.45, 7) is 1.24. The van der Waals surface area contributed by atoms with E-state index in [-0.39, 0.29) is 29.1 Å². The number of aromatic hydroxyl groups is 1. The van der Waals surface area contributed by atoms with Crippen molar-refractivity contribution in [2.45, 2.75) is 6.92 Å². The molecule has 0 atom stereocenters. The second-order valence-corrected chi connectivity index (χ2v) is 3.81. The van der Waals surface area contributed by atoms with Gasteiger partial charge < -0.3 is 24.1 Å². The highest BCUT2D eigenvalue weighted by Gasteiger charge is 2.18. The molecule has 0 radical (unpaired) electrons. The summed E-state index contributed by atoms with van der Waals surface area (Å²) in [5, 5.41) is 18.8. The summed E-state index contributed by atoms with van der Waals surface area (Å²) in [6.07, 6.45) is 0. The number of ether oxygens (including phenoxy) is 2. The average molecular weight is 280 g/mol. The molecule has 0 aliphatic heterocycles. The van der Waals surface area contributed by atoms with Gasteiger partial charge in [-0.25, -0.2) is 9.59 Å². The number of carboxylic acids is 1. The van der Waals surface area contributed by atoms with Crippen LogP contribution in [0.2, 0.25) is 0 Å². The van der Waals surface area contributed by atoms with Crippen LogP contribution in [0.15, 0.2) is 27.4 Å². The summed E-state index contributed by atoms with van der Waals surface area (Å²) in [6, 6.07) is 4.43. The molecule has 20 heavy (non-hydrogen) atoms. The topological polar surface area (TPSA) is 106 Å². The second kappa shape index (κ2) is 5.52. The summed E-state index contributed by atoms with van der Waals surface area (Å²) < 4.78 is 15.1. The molecule has 0 bridgehead atoms. The molecule has 7 nitrogen and oxygen atoms in total. The van der Waals surface area contributed by atoms with Crippen molar-refractivity contribution in [2.24, 2.45) is 0 Å². The van der Waals surface area contributed by atoms with E-state index in [1.807, 2.05) is 0 Å². The molecule has 0 unspecified atom stereocenters. The monoisotopic (exact) mass is 280 g/mol. The molecule has 0 amide bonds. The molecule has 1 aromatic carbocycles. The summed E-state index contributed by atoms with van der Waals surface area (Å²) in [5.74, 6) is -1.83. The number of carbonyl (C=O) groups is 1. The lowest BCUT2D eigenvalue weighted by molar-refractivity contribution is -0.139. The maximum atomic E-state index is 11.6. The molecule has 2 N–H and O–H groups in total. The molecule has 2 rings (SSSR count). The predicted molar refractivity (Wildman–Crippen MR) is 68.4 cm³/mol. The van der Waals surface area contributed by atoms with Crippen molar-refractivity contribution < 1.29 is 28.9 Å². The van der Waals surface area contributed by atoms with Gasteiger partial charge in [-0.1, -0.05) is 6.07 Å². The fourth-order valence-electron chi connectivity index (χ4n) is 1.72. The van der Waals surface area contributed by atoms with Gasteiger partial charge in [-0.2, -0.15) is 0 Å². The van der Waals surface area contributed by atoms with Gasteiger partial charge in [-0.3, -0.25) is 0 Å². The Kier molecular flexibility index (Phi) is 3.79. The number of rotatable bonds is 5. The van der Waals surface area contributed by atoms with E-state index < -0.39 is 24.0 Å². The van der Waals surface area contributed by atoms with Gasteiger partial charge in [-0.05, 0) is 19.1 Å². The van der Waals surface area contributed by atoms with Crippen LogP contribution in [0.25, 0.3) is 11.0 Å². The van der Waals surface area contributed by atoms with E-state index in [1.165, 1.54) is 18.2 Å². The molecule has 0 fully saturated rings. The van der Waals surface area contributed by atoms with Crippen molar-refractivity contribution in [2.75, 3.05) is 13.2 Å². The minimum Gasteiger partial charge on any atom is -0.503 e. The number of hydrogen-bond donors (Lipinski definition) is 2. The maximum absolute atomic E-state index is 11.6. The molecule has 0 aliphatic rings. The second-order valence-electron chi connectivity index (χ2n) is 3.81. The zero-order valence-corrected chi connectivity index (χ0v) is 10.6. The third kappa shape index (κ3) is 2.51. The van der Waals surface area contributed by atoms with Crippen molar-refractivity contribution in [3.8, 4) is 17.2 Å². The van der Waals surface area contributed by atoms with Gasteiger partial charge in [0.25, 0.3) is 0 Å². The molecule has 0 spiro atoms. The van der Waals surface area contributed by atoms with Crippen LogP contribution in [0.4, 0.5) is 0 Å². The zero-order valence-electron chi connectivity index (χ0n) is 10.6. The molecule has 2 aromatic rings. The lowest BCUT2D eigenvalue weighted by atomic mass is 10.2. The Morgan fingerprint density at radius 3 is 2.75 bits per heavy atom. The summed E-state index contributed by atoms with van der Waals surface area (Å²) in [5.41, 5.74) is -0.730. The van der Waals surface area contributed by atoms with Gasteiger partial charge in [-0.15, -0.1) is 0 Å². The first kappa shape index (κ1) is 13.7. The van der Waals surface area contributed by atoms with Crippen LogP contribution in [0, 0.1) is 0 Å². The summed E-state index contributed by atoms with van der Waals surface area (Å²) in [4.78, 5) is 22.2. The Balaban J connectivity index is 2.62. The molecule has 7 heteroatoms. The highest BCUT2D eigenvalue weighted by Crippen LogP contribution is 2.37. The van der Waals surface area contributed by atoms with E-state index in [2.05, 4.69) is 0 Å². The fraction of sp³-hybridized carbons (Fsp3) is 0.231. The molecule has 0 saturated heterocycles. The van der Waals surface area contributed by atoms with E-state index >= 15 is 0 Å². The number of benzene rings is 1. The molecular formula is C13H12O7. The smallest absolute Gasteiger partial charge is 0.383 e. The van der Waals surface area contributed by atoms with Gasteiger partial charge >= 0.3 is 11.6 Å². The predicted octanol–water partition coefficient (Wildman–Crippen LogP) is 1.36. The molecule has 0 aliphatic carbocycles. The number of aliphatic carboxylic acids is 1. The first-order chi connectivity index (χ1) is 9.54. The van der Waals surface area contributed by atoms with Gasteiger partial charge in [0.05, 0.1) is 6.61 Å². The van der Waals surface area contributed by atoms with Crippen molar-refractivity contribution in [1.29, 1.82) is 0 Å². The largest absolute Gasteiger partial charge is 0.503 e. The van der Waals surface area contributed by atoms with E-state index in [9.17, 15) is 14.7 Å². The van der Waals surface area contributed by atoms with Gasteiger partial charge in [0.15, 0.2) is 12.4 Å². The molecular weight excluding hydrogens is 268 g/mol. The van der Waals surface area contributed by atoms with E-state index in [0.717, 1.165) is 0 Å². The molecule has 106 valence electrons. The van der Waals surface area contributed by atoms with E-state index in [1.54, 1.807) is 6.92 Å². The quantitative estimate of drug-likeness (QED) is 0.796. The number of carboxylic acid groups (broad SMARTS) is 1. The highest BCUT2D eigenvalue weighted by atomic mass is 16.5. The van der Waals surface area contributed by atoms with Crippen LogP contribution in [-0.4, -0.2) is 29.4 Å². The van der Waals surface area contributed by atoms with E-state index in [0.29, 0.717) is 0 Å². The Morgan fingerprint density at radius 2 is 2.10 bits per heavy atom. The fourth-order valence-corrected chi connectivity index (χ4v) is 1.72. The maximum Gasteiger partial charge on any atom is 0.383 e. The minimum atomic E-state index is -1.16. The van der Waals surface area contributed by atoms with Crippen molar-refractivity contribution in [3.05, 3.63) is 28.6 Å². The van der Waals surface area contributed by atoms with Crippen molar-refractivity contribution in [3.63, 3.8) is 0 Å². The minimum absolute atomic E-state index is 0.0823. The number of fused-ring (bicyclic) bond motifs is 1. The van der Waals surface area contributed by atoms with Crippen LogP contribution in [0.1, 0.15) is 6.92 Å². The van der Waals surface area contributed by atoms with Gasteiger partial charge in [0, 0.05) is 0 Å². The van der Waals surface area contributed by atoms with Crippen molar-refractivity contribution >= 4 is 16.9 Å². The van der Waals surface area contributed by atoms with Crippen LogP contribution >= 0.6 is 0 Å². The van der Waals surface area contributed by atoms with Crippen LogP contribution in [0.3, 0.4) is 0 Å². The Hall–Kier alpha value is -2.70. The molecule has 1 heterocycles. The Bertz CT molecular complexity index is 702. The first-order valence-electron chi connectivity index (χ1n) is 5.80. The van der Waals surface area contributed by atoms with Crippen LogP contribution in [0.5, 0.6) is 17.2 Å². The van der Waals surface area contributed by atoms with Gasteiger partial charge in [0.2, 0.25) is 5.75 Å². The van der Waals surface area contributed by atoms with Gasteiger partial charge in [0.1, 0.15) is 16.7 Å². The lowest BCUT2D eigenvalue weighted by Crippen LogP contribution is -2.10. The van der Waals surface area contributed by atoms with Crippen LogP contribution in [-0.2, 0) is 4.79 Å². The number of hydrogen-bond acceptors (Lipinski definition) is 6. The first-order valence-corrected chi connectivity index (χ1v) is 5.80. The Labute approximate surface area is 113 Å². The average Bonchev–Trinajstić information content (AvgIpc) is 2.40. The summed E-state index contributed by atoms with van der Waals surface area (Å²) in [7, 11) is 0. The van der Waals surface area contributed by atoms with E-state index in [4.69, 9.17) is 19.0 Å². The third-order valence-corrected chi connectivity index (χ3v) is 2.47. The standard InChI is InChI=1S/C13H12O7/c1-2-18-12-11(16)10-7(19-6-9(14)15)4-3-5-8(10)20-13(12)17/h3-5,16H,2,6H2,1H3,(H,14,15). The lowest BCUT2D eigenvalue weighted by Gasteiger charge is -2.10. The Morgan fingerprint density at radius 1 is 1.35 bits per heavy atom.